The molecule has 0 radical (unpaired) electrons. The zero-order valence-electron chi connectivity index (χ0n) is 13.5. The van der Waals surface area contributed by atoms with E-state index in [-0.39, 0.29) is 11.0 Å². The van der Waals surface area contributed by atoms with Crippen molar-refractivity contribution in [3.05, 3.63) is 48.8 Å². The van der Waals surface area contributed by atoms with Crippen molar-refractivity contribution in [2.45, 2.75) is 23.8 Å². The third-order valence-electron chi connectivity index (χ3n) is 4.03. The number of pyridine rings is 1. The SMILES string of the molecule is COc1ccccc1S(=O)(=O)N1CCC(Oc2cccnc2)CC1. The lowest BCUT2D eigenvalue weighted by atomic mass is 10.1. The Kier molecular flexibility index (Phi) is 5.01. The molecular weight excluding hydrogens is 328 g/mol. The fourth-order valence-corrected chi connectivity index (χ4v) is 4.40. The number of methoxy groups -OCH3 is 1. The molecule has 0 aliphatic carbocycles. The number of ether oxygens (including phenoxy) is 2. The number of nitrogens with zero attached hydrogens (tertiary/aromatic N) is 2. The van der Waals surface area contributed by atoms with Gasteiger partial charge in [0.15, 0.2) is 0 Å². The molecule has 24 heavy (non-hydrogen) atoms. The van der Waals surface area contributed by atoms with Gasteiger partial charge in [0.05, 0.1) is 13.3 Å². The highest BCUT2D eigenvalue weighted by Gasteiger charge is 2.31. The molecule has 0 atom stereocenters. The number of para-hydroxylation sites is 1. The smallest absolute Gasteiger partial charge is 0.246 e. The molecule has 0 saturated carbocycles. The number of sulfonamides is 1. The molecule has 0 unspecified atom stereocenters. The summed E-state index contributed by atoms with van der Waals surface area (Å²) in [5.41, 5.74) is 0. The minimum Gasteiger partial charge on any atom is -0.495 e. The lowest BCUT2D eigenvalue weighted by molar-refractivity contribution is 0.134. The van der Waals surface area contributed by atoms with Gasteiger partial charge in [-0.1, -0.05) is 12.1 Å². The summed E-state index contributed by atoms with van der Waals surface area (Å²) in [6.07, 6.45) is 4.64. The molecule has 7 heteroatoms. The van der Waals surface area contributed by atoms with Crippen LogP contribution in [0.3, 0.4) is 0 Å². The van der Waals surface area contributed by atoms with E-state index in [9.17, 15) is 8.42 Å². The van der Waals surface area contributed by atoms with Gasteiger partial charge in [-0.25, -0.2) is 8.42 Å². The summed E-state index contributed by atoms with van der Waals surface area (Å²) >= 11 is 0. The first-order valence-corrected chi connectivity index (χ1v) is 9.25. The van der Waals surface area contributed by atoms with E-state index in [2.05, 4.69) is 4.98 Å². The highest BCUT2D eigenvalue weighted by atomic mass is 32.2. The molecule has 1 aliphatic rings. The molecule has 1 aromatic heterocycles. The summed E-state index contributed by atoms with van der Waals surface area (Å²) in [6.45, 7) is 0.844. The van der Waals surface area contributed by atoms with Crippen molar-refractivity contribution < 1.29 is 17.9 Å². The third-order valence-corrected chi connectivity index (χ3v) is 5.96. The Hall–Kier alpha value is -2.12. The van der Waals surface area contributed by atoms with Crippen LogP contribution in [0.25, 0.3) is 0 Å². The molecule has 1 aromatic carbocycles. The van der Waals surface area contributed by atoms with E-state index in [1.54, 1.807) is 36.7 Å². The van der Waals surface area contributed by atoms with Crippen LogP contribution < -0.4 is 9.47 Å². The molecule has 0 bridgehead atoms. The van der Waals surface area contributed by atoms with Gasteiger partial charge in [0.2, 0.25) is 10.0 Å². The number of hydrogen-bond donors (Lipinski definition) is 0. The first kappa shape index (κ1) is 16.7. The molecule has 3 rings (SSSR count). The van der Waals surface area contributed by atoms with Crippen LogP contribution in [0, 0.1) is 0 Å². The minimum absolute atomic E-state index is 0.00156. The van der Waals surface area contributed by atoms with Gasteiger partial charge in [-0.2, -0.15) is 4.31 Å². The predicted octanol–water partition coefficient (Wildman–Crippen LogP) is 2.32. The largest absolute Gasteiger partial charge is 0.495 e. The fourth-order valence-electron chi connectivity index (χ4n) is 2.77. The lowest BCUT2D eigenvalue weighted by Gasteiger charge is -2.31. The molecule has 128 valence electrons. The molecule has 1 aliphatic heterocycles. The van der Waals surface area contributed by atoms with Crippen LogP contribution in [0.4, 0.5) is 0 Å². The summed E-state index contributed by atoms with van der Waals surface area (Å²) in [5, 5.41) is 0. The summed E-state index contributed by atoms with van der Waals surface area (Å²) in [7, 11) is -2.09. The molecule has 0 spiro atoms. The van der Waals surface area contributed by atoms with Gasteiger partial charge < -0.3 is 9.47 Å². The molecular formula is C17H20N2O4S. The molecule has 0 amide bonds. The summed E-state index contributed by atoms with van der Waals surface area (Å²) in [6, 6.07) is 10.4. The average Bonchev–Trinajstić information content (AvgIpc) is 2.63. The average molecular weight is 348 g/mol. The van der Waals surface area contributed by atoms with Crippen LogP contribution in [0.15, 0.2) is 53.7 Å². The Bertz CT molecular complexity index is 772. The first-order chi connectivity index (χ1) is 11.6. The van der Waals surface area contributed by atoms with Crippen molar-refractivity contribution in [1.82, 2.24) is 9.29 Å². The van der Waals surface area contributed by atoms with E-state index in [1.807, 2.05) is 12.1 Å². The van der Waals surface area contributed by atoms with Gasteiger partial charge in [-0.3, -0.25) is 4.98 Å². The maximum Gasteiger partial charge on any atom is 0.246 e. The van der Waals surface area contributed by atoms with Gasteiger partial charge in [-0.05, 0) is 37.1 Å². The second kappa shape index (κ2) is 7.19. The maximum atomic E-state index is 12.8. The molecule has 1 saturated heterocycles. The minimum atomic E-state index is -3.56. The van der Waals surface area contributed by atoms with Gasteiger partial charge in [-0.15, -0.1) is 0 Å². The van der Waals surface area contributed by atoms with E-state index in [1.165, 1.54) is 11.4 Å². The highest BCUT2D eigenvalue weighted by Crippen LogP contribution is 2.28. The van der Waals surface area contributed by atoms with Gasteiger partial charge in [0.25, 0.3) is 0 Å². The number of hydrogen-bond acceptors (Lipinski definition) is 5. The van der Waals surface area contributed by atoms with Crippen molar-refractivity contribution in [3.8, 4) is 11.5 Å². The molecule has 2 aromatic rings. The maximum absolute atomic E-state index is 12.8. The van der Waals surface area contributed by atoms with Crippen molar-refractivity contribution in [3.63, 3.8) is 0 Å². The highest BCUT2D eigenvalue weighted by molar-refractivity contribution is 7.89. The fraction of sp³-hybridized carbons (Fsp3) is 0.353. The normalized spacial score (nSPS) is 16.7. The van der Waals surface area contributed by atoms with E-state index in [0.717, 1.165) is 0 Å². The van der Waals surface area contributed by atoms with Crippen molar-refractivity contribution in [2.75, 3.05) is 20.2 Å². The number of rotatable bonds is 5. The Labute approximate surface area is 142 Å². The van der Waals surface area contributed by atoms with Crippen molar-refractivity contribution in [2.24, 2.45) is 0 Å². The van der Waals surface area contributed by atoms with E-state index in [0.29, 0.717) is 37.4 Å². The second-order valence-corrected chi connectivity index (χ2v) is 7.47. The molecule has 0 N–H and O–H groups in total. The van der Waals surface area contributed by atoms with E-state index >= 15 is 0 Å². The Morgan fingerprint density at radius 2 is 1.88 bits per heavy atom. The Morgan fingerprint density at radius 1 is 1.12 bits per heavy atom. The number of aromatic nitrogens is 1. The first-order valence-electron chi connectivity index (χ1n) is 7.81. The Morgan fingerprint density at radius 3 is 2.54 bits per heavy atom. The van der Waals surface area contributed by atoms with E-state index in [4.69, 9.17) is 9.47 Å². The summed E-state index contributed by atoms with van der Waals surface area (Å²) in [4.78, 5) is 4.23. The summed E-state index contributed by atoms with van der Waals surface area (Å²) < 4.78 is 38.2. The van der Waals surface area contributed by atoms with Gasteiger partial charge in [0.1, 0.15) is 22.5 Å². The van der Waals surface area contributed by atoms with Gasteiger partial charge in [0, 0.05) is 19.3 Å². The number of piperidine rings is 1. The topological polar surface area (TPSA) is 68.7 Å². The van der Waals surface area contributed by atoms with Crippen LogP contribution in [-0.2, 0) is 10.0 Å². The number of benzene rings is 1. The quantitative estimate of drug-likeness (QED) is 0.829. The van der Waals surface area contributed by atoms with Crippen LogP contribution in [0.5, 0.6) is 11.5 Å². The lowest BCUT2D eigenvalue weighted by Crippen LogP contribution is -2.41. The van der Waals surface area contributed by atoms with Crippen LogP contribution in [0.1, 0.15) is 12.8 Å². The van der Waals surface area contributed by atoms with E-state index < -0.39 is 10.0 Å². The monoisotopic (exact) mass is 348 g/mol. The van der Waals surface area contributed by atoms with Crippen LogP contribution >= 0.6 is 0 Å². The standard InChI is InChI=1S/C17H20N2O4S/c1-22-16-6-2-3-7-17(16)24(20,21)19-11-8-14(9-12-19)23-15-5-4-10-18-13-15/h2-7,10,13-14H,8-9,11-12H2,1H3. The van der Waals surface area contributed by atoms with Gasteiger partial charge >= 0.3 is 0 Å². The zero-order valence-corrected chi connectivity index (χ0v) is 14.3. The molecule has 1 fully saturated rings. The predicted molar refractivity (Wildman–Crippen MR) is 89.6 cm³/mol. The zero-order chi connectivity index (χ0) is 17.0. The van der Waals surface area contributed by atoms with Crippen molar-refractivity contribution in [1.29, 1.82) is 0 Å². The summed E-state index contributed by atoms with van der Waals surface area (Å²) in [5.74, 6) is 1.08. The molecule has 2 heterocycles. The van der Waals surface area contributed by atoms with Crippen LogP contribution in [-0.4, -0.2) is 44.0 Å². The third kappa shape index (κ3) is 3.52. The molecule has 6 nitrogen and oxygen atoms in total. The van der Waals surface area contributed by atoms with Crippen LogP contribution in [0.2, 0.25) is 0 Å². The Balaban J connectivity index is 1.67. The second-order valence-electron chi connectivity index (χ2n) is 5.56. The van der Waals surface area contributed by atoms with Crippen molar-refractivity contribution >= 4 is 10.0 Å².